The van der Waals surface area contributed by atoms with E-state index in [0.717, 1.165) is 16.8 Å². The molecule has 0 saturated carbocycles. The second kappa shape index (κ2) is 6.07. The van der Waals surface area contributed by atoms with Gasteiger partial charge in [-0.25, -0.2) is 8.78 Å². The minimum Gasteiger partial charge on any atom is -0.375 e. The molecular weight excluding hydrogens is 278 g/mol. The summed E-state index contributed by atoms with van der Waals surface area (Å²) in [7, 11) is 0. The third kappa shape index (κ3) is 3.39. The number of nitrogens with two attached hydrogens (primary N) is 1. The lowest BCUT2D eigenvalue weighted by molar-refractivity contribution is -0.119. The summed E-state index contributed by atoms with van der Waals surface area (Å²) in [4.78, 5) is 11.9. The number of carbonyl (C=O) groups is 1. The number of fused-ring (bicyclic) bond motifs is 1. The number of hydrogen-bond donors (Lipinski definition) is 2. The number of alkyl halides is 2. The summed E-state index contributed by atoms with van der Waals surface area (Å²) in [5, 5.41) is 2.83. The molecule has 1 aliphatic rings. The van der Waals surface area contributed by atoms with Crippen LogP contribution in [0.3, 0.4) is 0 Å². The van der Waals surface area contributed by atoms with Crippen LogP contribution in [0.15, 0.2) is 18.2 Å². The van der Waals surface area contributed by atoms with Gasteiger partial charge in [0.1, 0.15) is 6.61 Å². The minimum atomic E-state index is -2.46. The first-order chi connectivity index (χ1) is 9.82. The molecule has 0 spiro atoms. The summed E-state index contributed by atoms with van der Waals surface area (Å²) >= 11 is 0. The number of rotatable bonds is 6. The maximum atomic E-state index is 12.0. The summed E-state index contributed by atoms with van der Waals surface area (Å²) in [6, 6.07) is 5.28. The zero-order valence-electron chi connectivity index (χ0n) is 12.2. The zero-order chi connectivity index (χ0) is 15.6. The quantitative estimate of drug-likeness (QED) is 0.793. The van der Waals surface area contributed by atoms with E-state index in [1.807, 2.05) is 32.0 Å². The third-order valence-electron chi connectivity index (χ3n) is 3.78. The second-order valence-electron chi connectivity index (χ2n) is 5.75. The first-order valence-electron chi connectivity index (χ1n) is 6.89. The molecule has 0 radical (unpaired) electrons. The Morgan fingerprint density at radius 2 is 2.10 bits per heavy atom. The molecule has 1 unspecified atom stereocenters. The monoisotopic (exact) mass is 298 g/mol. The Morgan fingerprint density at radius 1 is 1.38 bits per heavy atom. The molecule has 116 valence electrons. The van der Waals surface area contributed by atoms with E-state index in [1.54, 1.807) is 0 Å². The molecule has 0 aliphatic carbocycles. The maximum absolute atomic E-state index is 12.0. The highest BCUT2D eigenvalue weighted by atomic mass is 19.3. The summed E-state index contributed by atoms with van der Waals surface area (Å²) in [5.41, 5.74) is 8.06. The number of carbonyl (C=O) groups excluding carboxylic acids is 1. The van der Waals surface area contributed by atoms with Crippen LogP contribution >= 0.6 is 0 Å². The van der Waals surface area contributed by atoms with Crippen molar-refractivity contribution in [2.24, 2.45) is 5.73 Å². The van der Waals surface area contributed by atoms with Crippen LogP contribution in [0.1, 0.15) is 37.4 Å². The predicted octanol–water partition coefficient (Wildman–Crippen LogP) is 2.59. The van der Waals surface area contributed by atoms with Crippen molar-refractivity contribution in [3.63, 3.8) is 0 Å². The number of hydrogen-bond acceptors (Lipinski definition) is 3. The van der Waals surface area contributed by atoms with Gasteiger partial charge >= 0.3 is 0 Å². The van der Waals surface area contributed by atoms with E-state index in [0.29, 0.717) is 6.42 Å². The molecule has 0 saturated heterocycles. The van der Waals surface area contributed by atoms with Crippen molar-refractivity contribution < 1.29 is 18.3 Å². The standard InChI is InChI=1S/C15H20F2N2O2/c1-15(2)10-7-9(3-4-12(10)19-14(15)20)11(18)5-6-21-8-13(16)17/h3-4,7,11,13H,5-6,8,18H2,1-2H3,(H,19,20). The number of nitrogens with one attached hydrogen (secondary N) is 1. The smallest absolute Gasteiger partial charge is 0.261 e. The SMILES string of the molecule is CC1(C)C(=O)Nc2ccc(C(N)CCOCC(F)F)cc21. The van der Waals surface area contributed by atoms with Crippen LogP contribution in [0, 0.1) is 0 Å². The van der Waals surface area contributed by atoms with E-state index in [9.17, 15) is 13.6 Å². The fourth-order valence-electron chi connectivity index (χ4n) is 2.37. The zero-order valence-corrected chi connectivity index (χ0v) is 12.2. The van der Waals surface area contributed by atoms with Gasteiger partial charge in [-0.1, -0.05) is 12.1 Å². The van der Waals surface area contributed by atoms with Gasteiger partial charge in [-0.2, -0.15) is 0 Å². The van der Waals surface area contributed by atoms with E-state index in [4.69, 9.17) is 10.5 Å². The Kier molecular flexibility index (Phi) is 4.58. The first-order valence-corrected chi connectivity index (χ1v) is 6.89. The normalized spacial score (nSPS) is 17.7. The van der Waals surface area contributed by atoms with Crippen LogP contribution < -0.4 is 11.1 Å². The Balaban J connectivity index is 2.02. The summed E-state index contributed by atoms with van der Waals surface area (Å²) in [6.07, 6.45) is -2.01. The molecule has 1 aliphatic heterocycles. The topological polar surface area (TPSA) is 64.4 Å². The van der Waals surface area contributed by atoms with Gasteiger partial charge in [0.05, 0.1) is 5.41 Å². The Bertz CT molecular complexity index is 532. The highest BCUT2D eigenvalue weighted by Gasteiger charge is 2.38. The van der Waals surface area contributed by atoms with Gasteiger partial charge in [-0.15, -0.1) is 0 Å². The number of benzene rings is 1. The van der Waals surface area contributed by atoms with Crippen LogP contribution in [0.25, 0.3) is 0 Å². The lowest BCUT2D eigenvalue weighted by Crippen LogP contribution is -2.27. The molecule has 1 aromatic carbocycles. The van der Waals surface area contributed by atoms with Crippen molar-refractivity contribution >= 4 is 11.6 Å². The Labute approximate surface area is 122 Å². The van der Waals surface area contributed by atoms with Crippen molar-refractivity contribution in [1.29, 1.82) is 0 Å². The van der Waals surface area contributed by atoms with E-state index in [1.165, 1.54) is 0 Å². The fourth-order valence-corrected chi connectivity index (χ4v) is 2.37. The average Bonchev–Trinajstić information content (AvgIpc) is 2.64. The van der Waals surface area contributed by atoms with Gasteiger partial charge in [0.15, 0.2) is 0 Å². The van der Waals surface area contributed by atoms with E-state index in [2.05, 4.69) is 5.32 Å². The molecule has 1 aromatic rings. The molecule has 0 bridgehead atoms. The fraction of sp³-hybridized carbons (Fsp3) is 0.533. The molecule has 6 heteroatoms. The van der Waals surface area contributed by atoms with Crippen LogP contribution in [0.2, 0.25) is 0 Å². The van der Waals surface area contributed by atoms with Crippen molar-refractivity contribution in [2.75, 3.05) is 18.5 Å². The van der Waals surface area contributed by atoms with Crippen molar-refractivity contribution in [1.82, 2.24) is 0 Å². The van der Waals surface area contributed by atoms with Crippen molar-refractivity contribution in [3.8, 4) is 0 Å². The highest BCUT2D eigenvalue weighted by Crippen LogP contribution is 2.38. The van der Waals surface area contributed by atoms with Gasteiger partial charge < -0.3 is 15.8 Å². The van der Waals surface area contributed by atoms with Crippen LogP contribution in [0.4, 0.5) is 14.5 Å². The van der Waals surface area contributed by atoms with E-state index >= 15 is 0 Å². The van der Waals surface area contributed by atoms with Crippen molar-refractivity contribution in [3.05, 3.63) is 29.3 Å². The summed E-state index contributed by atoms with van der Waals surface area (Å²) in [6.45, 7) is 3.33. The Hall–Kier alpha value is -1.53. The van der Waals surface area contributed by atoms with Crippen LogP contribution in [0.5, 0.6) is 0 Å². The third-order valence-corrected chi connectivity index (χ3v) is 3.78. The van der Waals surface area contributed by atoms with Gasteiger partial charge in [0, 0.05) is 18.3 Å². The lowest BCUT2D eigenvalue weighted by atomic mass is 9.84. The second-order valence-corrected chi connectivity index (χ2v) is 5.75. The predicted molar refractivity (Wildman–Crippen MR) is 76.5 cm³/mol. The molecule has 2 rings (SSSR count). The molecule has 1 heterocycles. The summed E-state index contributed by atoms with van der Waals surface area (Å²) < 4.78 is 28.8. The lowest BCUT2D eigenvalue weighted by Gasteiger charge is -2.18. The number of ether oxygens (including phenoxy) is 1. The molecule has 1 amide bonds. The molecule has 4 nitrogen and oxygen atoms in total. The Morgan fingerprint density at radius 3 is 2.76 bits per heavy atom. The van der Waals surface area contributed by atoms with Crippen molar-refractivity contribution in [2.45, 2.75) is 38.2 Å². The van der Waals surface area contributed by atoms with Crippen LogP contribution in [-0.2, 0) is 14.9 Å². The number of halogens is 2. The molecule has 1 atom stereocenters. The van der Waals surface area contributed by atoms with Gasteiger partial charge in [-0.3, -0.25) is 4.79 Å². The maximum Gasteiger partial charge on any atom is 0.261 e. The highest BCUT2D eigenvalue weighted by molar-refractivity contribution is 6.05. The summed E-state index contributed by atoms with van der Waals surface area (Å²) in [5.74, 6) is -0.0384. The van der Waals surface area contributed by atoms with Crippen LogP contribution in [-0.4, -0.2) is 25.5 Å². The molecule has 3 N–H and O–H groups in total. The molecule has 0 aromatic heterocycles. The molecule has 21 heavy (non-hydrogen) atoms. The number of anilines is 1. The van der Waals surface area contributed by atoms with E-state index in [-0.39, 0.29) is 18.6 Å². The van der Waals surface area contributed by atoms with E-state index < -0.39 is 18.4 Å². The van der Waals surface area contributed by atoms with Gasteiger partial charge in [0.2, 0.25) is 5.91 Å². The van der Waals surface area contributed by atoms with Gasteiger partial charge in [-0.05, 0) is 37.5 Å². The number of amides is 1. The first kappa shape index (κ1) is 15.9. The average molecular weight is 298 g/mol. The largest absolute Gasteiger partial charge is 0.375 e. The minimum absolute atomic E-state index is 0.0384. The van der Waals surface area contributed by atoms with Gasteiger partial charge in [0.25, 0.3) is 6.43 Å². The molecular formula is C15H20F2N2O2. The molecule has 0 fully saturated rings.